The first-order valence-corrected chi connectivity index (χ1v) is 6.92. The molecule has 3 aromatic heterocycles. The largest absolute Gasteiger partial charge is 0.305 e. The van der Waals surface area contributed by atoms with Gasteiger partial charge in [0.15, 0.2) is 0 Å². The maximum atomic E-state index is 5.99. The van der Waals surface area contributed by atoms with E-state index in [-0.39, 0.29) is 0 Å². The highest BCUT2D eigenvalue weighted by Gasteiger charge is 2.08. The lowest BCUT2D eigenvalue weighted by Crippen LogP contribution is -1.92. The highest BCUT2D eigenvalue weighted by molar-refractivity contribution is 6.30. The van der Waals surface area contributed by atoms with Crippen LogP contribution in [0.5, 0.6) is 0 Å². The maximum Gasteiger partial charge on any atom is 0.137 e. The lowest BCUT2D eigenvalue weighted by molar-refractivity contribution is 0.881. The first-order valence-electron chi connectivity index (χ1n) is 6.54. The Kier molecular flexibility index (Phi) is 2.75. The number of fused-ring (bicyclic) bond motifs is 1. The Hall–Kier alpha value is -2.59. The molecule has 1 aromatic carbocycles. The van der Waals surface area contributed by atoms with Crippen molar-refractivity contribution in [1.29, 1.82) is 0 Å². The van der Waals surface area contributed by atoms with E-state index < -0.39 is 0 Å². The van der Waals surface area contributed by atoms with Crippen molar-refractivity contribution in [2.75, 3.05) is 0 Å². The standard InChI is InChI=1S/C16H11ClN4/c17-13-6-7-16-19-15(11-20(16)10-13)12-8-18-21(9-12)14-4-2-1-3-5-14/h1-11H. The van der Waals surface area contributed by atoms with Crippen LogP contribution in [0.25, 0.3) is 22.6 Å². The zero-order chi connectivity index (χ0) is 14.2. The number of benzene rings is 1. The number of aromatic nitrogens is 4. The van der Waals surface area contributed by atoms with Gasteiger partial charge >= 0.3 is 0 Å². The Morgan fingerprint density at radius 3 is 2.62 bits per heavy atom. The van der Waals surface area contributed by atoms with Crippen molar-refractivity contribution in [2.24, 2.45) is 0 Å². The van der Waals surface area contributed by atoms with Gasteiger partial charge in [0.2, 0.25) is 0 Å². The van der Waals surface area contributed by atoms with E-state index in [9.17, 15) is 0 Å². The highest BCUT2D eigenvalue weighted by atomic mass is 35.5. The molecule has 4 rings (SSSR count). The van der Waals surface area contributed by atoms with E-state index in [1.54, 1.807) is 0 Å². The number of para-hydroxylation sites is 1. The van der Waals surface area contributed by atoms with Crippen LogP contribution in [0, 0.1) is 0 Å². The van der Waals surface area contributed by atoms with Gasteiger partial charge in [-0.2, -0.15) is 5.10 Å². The summed E-state index contributed by atoms with van der Waals surface area (Å²) in [5, 5.41) is 5.08. The van der Waals surface area contributed by atoms with Gasteiger partial charge in [0.25, 0.3) is 0 Å². The number of pyridine rings is 1. The summed E-state index contributed by atoms with van der Waals surface area (Å²) in [4.78, 5) is 4.58. The molecule has 5 heteroatoms. The number of imidazole rings is 1. The Balaban J connectivity index is 1.77. The number of rotatable bonds is 2. The monoisotopic (exact) mass is 294 g/mol. The fourth-order valence-corrected chi connectivity index (χ4v) is 2.45. The first-order chi connectivity index (χ1) is 10.3. The molecular formula is C16H11ClN4. The molecular weight excluding hydrogens is 284 g/mol. The molecule has 0 saturated heterocycles. The van der Waals surface area contributed by atoms with Crippen LogP contribution in [0.3, 0.4) is 0 Å². The van der Waals surface area contributed by atoms with Gasteiger partial charge in [0.1, 0.15) is 5.65 Å². The highest BCUT2D eigenvalue weighted by Crippen LogP contribution is 2.21. The molecule has 4 nitrogen and oxygen atoms in total. The summed E-state index contributed by atoms with van der Waals surface area (Å²) in [5.74, 6) is 0. The van der Waals surface area contributed by atoms with Gasteiger partial charge in [0.05, 0.1) is 22.6 Å². The molecule has 0 bridgehead atoms. The Labute approximate surface area is 126 Å². The molecule has 0 amide bonds. The van der Waals surface area contributed by atoms with E-state index in [2.05, 4.69) is 10.1 Å². The number of hydrogen-bond donors (Lipinski definition) is 0. The van der Waals surface area contributed by atoms with E-state index >= 15 is 0 Å². The van der Waals surface area contributed by atoms with Crippen molar-refractivity contribution in [3.63, 3.8) is 0 Å². The molecule has 0 saturated carbocycles. The topological polar surface area (TPSA) is 35.1 Å². The molecule has 0 aliphatic carbocycles. The summed E-state index contributed by atoms with van der Waals surface area (Å²) in [6, 6.07) is 13.7. The van der Waals surface area contributed by atoms with Gasteiger partial charge in [-0.05, 0) is 24.3 Å². The van der Waals surface area contributed by atoms with Gasteiger partial charge in [-0.25, -0.2) is 9.67 Å². The zero-order valence-electron chi connectivity index (χ0n) is 11.0. The summed E-state index contributed by atoms with van der Waals surface area (Å²) in [6.07, 6.45) is 7.58. The van der Waals surface area contributed by atoms with Crippen LogP contribution in [0.4, 0.5) is 0 Å². The molecule has 0 unspecified atom stereocenters. The molecule has 0 N–H and O–H groups in total. The average Bonchev–Trinajstić information content (AvgIpc) is 3.14. The quantitative estimate of drug-likeness (QED) is 0.563. The van der Waals surface area contributed by atoms with Gasteiger partial charge in [0, 0.05) is 24.2 Å². The van der Waals surface area contributed by atoms with E-state index in [0.29, 0.717) is 5.02 Å². The van der Waals surface area contributed by atoms with Gasteiger partial charge in [-0.1, -0.05) is 29.8 Å². The molecule has 0 aliphatic heterocycles. The van der Waals surface area contributed by atoms with Gasteiger partial charge in [-0.3, -0.25) is 0 Å². The number of nitrogens with zero attached hydrogens (tertiary/aromatic N) is 4. The SMILES string of the molecule is Clc1ccc2nc(-c3cnn(-c4ccccc4)c3)cn2c1. The van der Waals surface area contributed by atoms with Gasteiger partial charge < -0.3 is 4.40 Å². The van der Waals surface area contributed by atoms with E-state index in [4.69, 9.17) is 11.6 Å². The molecule has 0 aliphatic rings. The summed E-state index contributed by atoms with van der Waals surface area (Å²) in [7, 11) is 0. The third kappa shape index (κ3) is 2.19. The second kappa shape index (κ2) is 4.75. The first kappa shape index (κ1) is 12.2. The smallest absolute Gasteiger partial charge is 0.137 e. The fraction of sp³-hybridized carbons (Fsp3) is 0. The maximum absolute atomic E-state index is 5.99. The lowest BCUT2D eigenvalue weighted by atomic mass is 10.3. The van der Waals surface area contributed by atoms with Crippen molar-refractivity contribution < 1.29 is 0 Å². The molecule has 102 valence electrons. The van der Waals surface area contributed by atoms with Crippen LogP contribution >= 0.6 is 11.6 Å². The van der Waals surface area contributed by atoms with Crippen LogP contribution < -0.4 is 0 Å². The van der Waals surface area contributed by atoms with E-state index in [1.165, 1.54) is 0 Å². The minimum atomic E-state index is 0.687. The predicted octanol–water partition coefficient (Wildman–Crippen LogP) is 3.84. The molecule has 21 heavy (non-hydrogen) atoms. The summed E-state index contributed by atoms with van der Waals surface area (Å²) in [5.41, 5.74) is 3.73. The zero-order valence-corrected chi connectivity index (χ0v) is 11.8. The lowest BCUT2D eigenvalue weighted by Gasteiger charge is -1.98. The van der Waals surface area contributed by atoms with Crippen LogP contribution in [-0.4, -0.2) is 19.2 Å². The molecule has 0 radical (unpaired) electrons. The third-order valence-electron chi connectivity index (χ3n) is 3.31. The summed E-state index contributed by atoms with van der Waals surface area (Å²) >= 11 is 5.99. The average molecular weight is 295 g/mol. The van der Waals surface area contributed by atoms with E-state index in [1.807, 2.05) is 76.3 Å². The molecule has 0 atom stereocenters. The minimum Gasteiger partial charge on any atom is -0.305 e. The van der Waals surface area contributed by atoms with Crippen molar-refractivity contribution >= 4 is 17.2 Å². The second-order valence-electron chi connectivity index (χ2n) is 4.75. The van der Waals surface area contributed by atoms with Crippen molar-refractivity contribution in [2.45, 2.75) is 0 Å². The van der Waals surface area contributed by atoms with Crippen LogP contribution in [-0.2, 0) is 0 Å². The molecule has 4 aromatic rings. The summed E-state index contributed by atoms with van der Waals surface area (Å²) in [6.45, 7) is 0. The molecule has 0 spiro atoms. The number of hydrogen-bond acceptors (Lipinski definition) is 2. The van der Waals surface area contributed by atoms with Crippen molar-refractivity contribution in [3.05, 3.63) is 72.3 Å². The second-order valence-corrected chi connectivity index (χ2v) is 5.18. The molecule has 3 heterocycles. The van der Waals surface area contributed by atoms with Crippen LogP contribution in [0.2, 0.25) is 5.02 Å². The minimum absolute atomic E-state index is 0.687. The fourth-order valence-electron chi connectivity index (χ4n) is 2.28. The predicted molar refractivity (Wildman–Crippen MR) is 82.8 cm³/mol. The normalized spacial score (nSPS) is 11.1. The Morgan fingerprint density at radius 2 is 1.76 bits per heavy atom. The van der Waals surface area contributed by atoms with Crippen molar-refractivity contribution in [1.82, 2.24) is 19.2 Å². The Morgan fingerprint density at radius 1 is 0.905 bits per heavy atom. The van der Waals surface area contributed by atoms with Gasteiger partial charge in [-0.15, -0.1) is 0 Å². The van der Waals surface area contributed by atoms with Crippen molar-refractivity contribution in [3.8, 4) is 16.9 Å². The third-order valence-corrected chi connectivity index (χ3v) is 3.54. The molecule has 0 fully saturated rings. The van der Waals surface area contributed by atoms with Crippen LogP contribution in [0.1, 0.15) is 0 Å². The van der Waals surface area contributed by atoms with E-state index in [0.717, 1.165) is 22.6 Å². The Bertz CT molecular complexity index is 908. The number of halogens is 1. The van der Waals surface area contributed by atoms with Crippen LogP contribution in [0.15, 0.2) is 67.3 Å². The summed E-state index contributed by atoms with van der Waals surface area (Å²) < 4.78 is 3.75.